The molecule has 1 aliphatic carbocycles. The first-order valence-electron chi connectivity index (χ1n) is 13.5. The summed E-state index contributed by atoms with van der Waals surface area (Å²) in [4.78, 5) is 53.3. The summed E-state index contributed by atoms with van der Waals surface area (Å²) in [6.07, 6.45) is 2.13. The van der Waals surface area contributed by atoms with Crippen LogP contribution >= 0.6 is 0 Å². The average Bonchev–Trinajstić information content (AvgIpc) is 3.25. The maximum Gasteiger partial charge on any atom is 0.338 e. The van der Waals surface area contributed by atoms with E-state index in [4.69, 9.17) is 4.74 Å². The highest BCUT2D eigenvalue weighted by molar-refractivity contribution is 6.22. The number of imide groups is 1. The number of nitrogens with zero attached hydrogens (tertiary/aromatic N) is 1. The van der Waals surface area contributed by atoms with Gasteiger partial charge in [0, 0.05) is 11.1 Å². The summed E-state index contributed by atoms with van der Waals surface area (Å²) in [5.74, 6) is -2.11. The Morgan fingerprint density at radius 1 is 0.800 bits per heavy atom. The Labute approximate surface area is 231 Å². The number of ether oxygens (including phenoxy) is 1. The predicted molar refractivity (Wildman–Crippen MR) is 152 cm³/mol. The molecular formula is C33H28N2O5. The third-order valence-electron chi connectivity index (χ3n) is 7.93. The van der Waals surface area contributed by atoms with Crippen LogP contribution in [0.4, 0.5) is 11.4 Å². The van der Waals surface area contributed by atoms with Crippen LogP contribution in [0.2, 0.25) is 0 Å². The molecule has 1 saturated carbocycles. The highest BCUT2D eigenvalue weighted by Gasteiger charge is 2.50. The van der Waals surface area contributed by atoms with Crippen LogP contribution in [-0.2, 0) is 19.1 Å². The second-order valence-corrected chi connectivity index (χ2v) is 10.3. The van der Waals surface area contributed by atoms with E-state index in [-0.39, 0.29) is 35.1 Å². The number of rotatable bonds is 6. The fourth-order valence-electron chi connectivity index (χ4n) is 5.97. The fourth-order valence-corrected chi connectivity index (χ4v) is 5.97. The minimum Gasteiger partial charge on any atom is -0.452 e. The lowest BCUT2D eigenvalue weighted by Gasteiger charge is -2.28. The van der Waals surface area contributed by atoms with E-state index in [2.05, 4.69) is 17.4 Å². The summed E-state index contributed by atoms with van der Waals surface area (Å²) >= 11 is 0. The largest absolute Gasteiger partial charge is 0.452 e. The normalized spacial score (nSPS) is 20.3. The molecule has 0 aromatic heterocycles. The van der Waals surface area contributed by atoms with Crippen molar-refractivity contribution < 1.29 is 23.9 Å². The molecule has 200 valence electrons. The Hall–Kier alpha value is -4.78. The molecule has 2 aliphatic rings. The van der Waals surface area contributed by atoms with Gasteiger partial charge in [0.2, 0.25) is 11.8 Å². The van der Waals surface area contributed by atoms with Crippen LogP contribution in [0.1, 0.15) is 41.1 Å². The first-order chi connectivity index (χ1) is 19.5. The number of carbonyl (C=O) groups excluding carboxylic acids is 4. The van der Waals surface area contributed by atoms with Crippen LogP contribution in [0.3, 0.4) is 0 Å². The van der Waals surface area contributed by atoms with Crippen LogP contribution in [0.25, 0.3) is 10.8 Å². The molecule has 7 heteroatoms. The van der Waals surface area contributed by atoms with Gasteiger partial charge < -0.3 is 10.1 Å². The van der Waals surface area contributed by atoms with Crippen LogP contribution in [0, 0.1) is 11.8 Å². The number of carbonyl (C=O) groups is 4. The minimum atomic E-state index is -0.712. The average molecular weight is 533 g/mol. The Morgan fingerprint density at radius 3 is 2.38 bits per heavy atom. The summed E-state index contributed by atoms with van der Waals surface area (Å²) in [5, 5.41) is 4.65. The monoisotopic (exact) mass is 532 g/mol. The highest BCUT2D eigenvalue weighted by atomic mass is 16.5. The molecule has 0 bridgehead atoms. The Balaban J connectivity index is 1.12. The number of anilines is 2. The van der Waals surface area contributed by atoms with Gasteiger partial charge >= 0.3 is 5.97 Å². The number of nitrogens with one attached hydrogen (secondary N) is 1. The van der Waals surface area contributed by atoms with E-state index in [1.54, 1.807) is 18.2 Å². The fraction of sp³-hybridized carbons (Fsp3) is 0.212. The first kappa shape index (κ1) is 25.5. The zero-order valence-electron chi connectivity index (χ0n) is 21.8. The Kier molecular flexibility index (Phi) is 6.86. The summed E-state index contributed by atoms with van der Waals surface area (Å²) in [5.41, 5.74) is 2.32. The molecule has 7 nitrogen and oxygen atoms in total. The van der Waals surface area contributed by atoms with Crippen molar-refractivity contribution in [2.24, 2.45) is 11.8 Å². The lowest BCUT2D eigenvalue weighted by Crippen LogP contribution is -2.31. The molecule has 1 N–H and O–H groups in total. The van der Waals surface area contributed by atoms with Gasteiger partial charge in [-0.2, -0.15) is 0 Å². The first-order valence-corrected chi connectivity index (χ1v) is 13.5. The number of hydrogen-bond acceptors (Lipinski definition) is 5. The topological polar surface area (TPSA) is 92.8 Å². The van der Waals surface area contributed by atoms with Gasteiger partial charge in [-0.25, -0.2) is 4.79 Å². The lowest BCUT2D eigenvalue weighted by atomic mass is 9.73. The van der Waals surface area contributed by atoms with Gasteiger partial charge in [-0.05, 0) is 60.4 Å². The molecule has 0 radical (unpaired) electrons. The summed E-state index contributed by atoms with van der Waals surface area (Å²) in [6.45, 7) is -0.473. The third kappa shape index (κ3) is 4.86. The van der Waals surface area contributed by atoms with Crippen molar-refractivity contribution in [1.29, 1.82) is 0 Å². The maximum atomic E-state index is 13.4. The zero-order chi connectivity index (χ0) is 27.6. The van der Waals surface area contributed by atoms with Crippen molar-refractivity contribution in [2.75, 3.05) is 16.8 Å². The highest BCUT2D eigenvalue weighted by Crippen LogP contribution is 2.45. The van der Waals surface area contributed by atoms with Gasteiger partial charge in [-0.3, -0.25) is 19.3 Å². The van der Waals surface area contributed by atoms with Crippen molar-refractivity contribution in [3.63, 3.8) is 0 Å². The standard InChI is InChI=1S/C33H28N2O5/c36-30(34-29-15-7-11-22-10-4-5-14-26(22)29)20-40-33(39)24-12-6-13-25(18-24)35-31(37)27-17-16-23(19-28(27)32(35)38)21-8-2-1-3-9-21/h1-15,18,23,27-28H,16-17,19-20H2,(H,34,36)/t23-,27+,28-/m0/s1. The molecule has 1 heterocycles. The molecule has 3 amide bonds. The van der Waals surface area contributed by atoms with Gasteiger partial charge in [0.05, 0.1) is 23.1 Å². The zero-order valence-corrected chi connectivity index (χ0v) is 21.8. The van der Waals surface area contributed by atoms with Crippen molar-refractivity contribution in [1.82, 2.24) is 0 Å². The molecule has 4 aromatic rings. The number of amides is 3. The summed E-state index contributed by atoms with van der Waals surface area (Å²) < 4.78 is 5.26. The number of benzene rings is 4. The van der Waals surface area contributed by atoms with E-state index < -0.39 is 18.5 Å². The Bertz CT molecular complexity index is 1610. The molecule has 4 aromatic carbocycles. The van der Waals surface area contributed by atoms with Crippen molar-refractivity contribution in [3.8, 4) is 0 Å². The van der Waals surface area contributed by atoms with Crippen LogP contribution in [-0.4, -0.2) is 30.3 Å². The van der Waals surface area contributed by atoms with Crippen LogP contribution in [0.5, 0.6) is 0 Å². The van der Waals surface area contributed by atoms with E-state index in [1.165, 1.54) is 22.6 Å². The molecule has 2 fully saturated rings. The molecule has 3 atom stereocenters. The van der Waals surface area contributed by atoms with E-state index in [1.807, 2.05) is 54.6 Å². The van der Waals surface area contributed by atoms with Crippen molar-refractivity contribution in [3.05, 3.63) is 108 Å². The van der Waals surface area contributed by atoms with Gasteiger partial charge in [0.25, 0.3) is 5.91 Å². The molecule has 6 rings (SSSR count). The SMILES string of the molecule is O=C(COC(=O)c1cccc(N2C(=O)[C@H]3C[C@@H](c4ccccc4)CC[C@H]3C2=O)c1)Nc1cccc2ccccc12. The van der Waals surface area contributed by atoms with Gasteiger partial charge in [0.1, 0.15) is 0 Å². The molecule has 1 aliphatic heterocycles. The van der Waals surface area contributed by atoms with Gasteiger partial charge in [-0.1, -0.05) is 72.8 Å². The van der Waals surface area contributed by atoms with Crippen LogP contribution in [0.15, 0.2) is 97.1 Å². The van der Waals surface area contributed by atoms with Gasteiger partial charge in [-0.15, -0.1) is 0 Å². The smallest absolute Gasteiger partial charge is 0.338 e. The van der Waals surface area contributed by atoms with E-state index in [9.17, 15) is 19.2 Å². The van der Waals surface area contributed by atoms with E-state index in [0.29, 0.717) is 24.2 Å². The number of fused-ring (bicyclic) bond motifs is 2. The van der Waals surface area contributed by atoms with Gasteiger partial charge in [0.15, 0.2) is 6.61 Å². The molecule has 1 saturated heterocycles. The molecule has 0 spiro atoms. The van der Waals surface area contributed by atoms with E-state index in [0.717, 1.165) is 17.2 Å². The lowest BCUT2D eigenvalue weighted by molar-refractivity contribution is -0.122. The quantitative estimate of drug-likeness (QED) is 0.254. The molecule has 40 heavy (non-hydrogen) atoms. The predicted octanol–water partition coefficient (Wildman–Crippen LogP) is 5.71. The maximum absolute atomic E-state index is 13.4. The second-order valence-electron chi connectivity index (χ2n) is 10.3. The third-order valence-corrected chi connectivity index (χ3v) is 7.93. The Morgan fingerprint density at radius 2 is 1.52 bits per heavy atom. The number of esters is 1. The molecule has 0 unspecified atom stereocenters. The van der Waals surface area contributed by atoms with E-state index >= 15 is 0 Å². The van der Waals surface area contributed by atoms with Crippen molar-refractivity contribution >= 4 is 45.8 Å². The van der Waals surface area contributed by atoms with Crippen molar-refractivity contribution in [2.45, 2.75) is 25.2 Å². The number of hydrogen-bond donors (Lipinski definition) is 1. The second kappa shape index (κ2) is 10.8. The van der Waals surface area contributed by atoms with Crippen LogP contribution < -0.4 is 10.2 Å². The summed E-state index contributed by atoms with van der Waals surface area (Å²) in [7, 11) is 0. The minimum absolute atomic E-state index is 0.160. The molecular weight excluding hydrogens is 504 g/mol. The summed E-state index contributed by atoms with van der Waals surface area (Å²) in [6, 6.07) is 29.6.